The van der Waals surface area contributed by atoms with Crippen LogP contribution in [-0.4, -0.2) is 12.6 Å². The summed E-state index contributed by atoms with van der Waals surface area (Å²) in [6.07, 6.45) is 0. The van der Waals surface area contributed by atoms with Crippen LogP contribution < -0.4 is 11.1 Å². The minimum absolute atomic E-state index is 0.339. The van der Waals surface area contributed by atoms with E-state index in [0.717, 1.165) is 11.3 Å². The Kier molecular flexibility index (Phi) is 4.60. The first-order valence-electron chi connectivity index (χ1n) is 6.55. The molecule has 0 aliphatic rings. The highest BCUT2D eigenvalue weighted by Crippen LogP contribution is 2.20. The van der Waals surface area contributed by atoms with E-state index >= 15 is 0 Å². The molecule has 0 amide bonds. The highest BCUT2D eigenvalue weighted by Gasteiger charge is 2.12. The average molecular weight is 270 g/mol. The number of rotatable bonds is 5. The minimum atomic E-state index is -0.365. The molecule has 2 aromatic rings. The summed E-state index contributed by atoms with van der Waals surface area (Å²) in [4.78, 5) is 11.9. The van der Waals surface area contributed by atoms with Crippen LogP contribution in [0, 0.1) is 0 Å². The van der Waals surface area contributed by atoms with Gasteiger partial charge in [-0.2, -0.15) is 0 Å². The summed E-state index contributed by atoms with van der Waals surface area (Å²) < 4.78 is 5.04. The summed E-state index contributed by atoms with van der Waals surface area (Å²) in [7, 11) is 0. The van der Waals surface area contributed by atoms with Gasteiger partial charge in [-0.1, -0.05) is 30.3 Å². The van der Waals surface area contributed by atoms with Crippen molar-refractivity contribution in [2.75, 3.05) is 17.7 Å². The lowest BCUT2D eigenvalue weighted by Gasteiger charge is -2.12. The zero-order valence-electron chi connectivity index (χ0n) is 11.4. The van der Waals surface area contributed by atoms with Crippen molar-refractivity contribution < 1.29 is 9.53 Å². The molecule has 0 atom stereocenters. The van der Waals surface area contributed by atoms with Crippen LogP contribution in [-0.2, 0) is 11.3 Å². The van der Waals surface area contributed by atoms with Gasteiger partial charge >= 0.3 is 5.97 Å². The molecule has 0 unspecified atom stereocenters. The van der Waals surface area contributed by atoms with Crippen molar-refractivity contribution in [2.45, 2.75) is 13.5 Å². The number of anilines is 2. The van der Waals surface area contributed by atoms with Gasteiger partial charge in [0.1, 0.15) is 0 Å². The normalized spacial score (nSPS) is 10.1. The zero-order valence-corrected chi connectivity index (χ0v) is 11.4. The largest absolute Gasteiger partial charge is 0.462 e. The van der Waals surface area contributed by atoms with Crippen molar-refractivity contribution in [3.05, 3.63) is 59.7 Å². The summed E-state index contributed by atoms with van der Waals surface area (Å²) in [5.41, 5.74) is 8.60. The topological polar surface area (TPSA) is 64.3 Å². The van der Waals surface area contributed by atoms with E-state index in [1.54, 1.807) is 25.1 Å². The number of esters is 1. The number of benzene rings is 2. The van der Waals surface area contributed by atoms with Gasteiger partial charge in [-0.3, -0.25) is 0 Å². The van der Waals surface area contributed by atoms with Gasteiger partial charge in [0.05, 0.1) is 12.2 Å². The zero-order chi connectivity index (χ0) is 14.4. The average Bonchev–Trinajstić information content (AvgIpc) is 2.47. The van der Waals surface area contributed by atoms with Gasteiger partial charge in [-0.25, -0.2) is 4.79 Å². The third-order valence-electron chi connectivity index (χ3n) is 2.86. The minimum Gasteiger partial charge on any atom is -0.462 e. The molecule has 3 N–H and O–H groups in total. The fraction of sp³-hybridized carbons (Fsp3) is 0.188. The SMILES string of the molecule is CCOC(=O)c1cc(N)ccc1NCc1ccccc1. The first kappa shape index (κ1) is 13.9. The molecule has 0 aliphatic carbocycles. The maximum atomic E-state index is 11.9. The second-order valence-corrected chi connectivity index (χ2v) is 4.36. The smallest absolute Gasteiger partial charge is 0.340 e. The highest BCUT2D eigenvalue weighted by molar-refractivity contribution is 5.96. The molecule has 0 spiro atoms. The molecule has 2 rings (SSSR count). The molecule has 104 valence electrons. The maximum Gasteiger partial charge on any atom is 0.340 e. The van der Waals surface area contributed by atoms with Crippen LogP contribution in [0.2, 0.25) is 0 Å². The molecule has 0 radical (unpaired) electrons. The van der Waals surface area contributed by atoms with Gasteiger partial charge < -0.3 is 15.8 Å². The Balaban J connectivity index is 2.16. The third kappa shape index (κ3) is 3.51. The molecule has 2 aromatic carbocycles. The Morgan fingerprint density at radius 1 is 1.20 bits per heavy atom. The van der Waals surface area contributed by atoms with Crippen LogP contribution in [0.25, 0.3) is 0 Å². The van der Waals surface area contributed by atoms with E-state index in [1.807, 2.05) is 30.3 Å². The van der Waals surface area contributed by atoms with E-state index in [9.17, 15) is 4.79 Å². The van der Waals surface area contributed by atoms with Crippen LogP contribution in [0.5, 0.6) is 0 Å². The number of nitrogens with two attached hydrogens (primary N) is 1. The van der Waals surface area contributed by atoms with Gasteiger partial charge in [0.15, 0.2) is 0 Å². The second kappa shape index (κ2) is 6.61. The van der Waals surface area contributed by atoms with E-state index in [4.69, 9.17) is 10.5 Å². The van der Waals surface area contributed by atoms with Crippen LogP contribution in [0.4, 0.5) is 11.4 Å². The van der Waals surface area contributed by atoms with Gasteiger partial charge in [0.2, 0.25) is 0 Å². The first-order chi connectivity index (χ1) is 9.70. The van der Waals surface area contributed by atoms with Crippen molar-refractivity contribution in [1.82, 2.24) is 0 Å². The Labute approximate surface area is 118 Å². The summed E-state index contributed by atoms with van der Waals surface area (Å²) in [5, 5.41) is 3.24. The van der Waals surface area contributed by atoms with Crippen molar-refractivity contribution >= 4 is 17.3 Å². The van der Waals surface area contributed by atoms with Crippen molar-refractivity contribution in [1.29, 1.82) is 0 Å². The summed E-state index contributed by atoms with van der Waals surface area (Å²) in [6, 6.07) is 15.2. The molecule has 0 saturated heterocycles. The molecular formula is C16H18N2O2. The monoisotopic (exact) mass is 270 g/mol. The molecule has 0 fully saturated rings. The number of carbonyl (C=O) groups excluding carboxylic acids is 1. The van der Waals surface area contributed by atoms with E-state index < -0.39 is 0 Å². The molecule has 4 nitrogen and oxygen atoms in total. The van der Waals surface area contributed by atoms with Crippen LogP contribution in [0.15, 0.2) is 48.5 Å². The Bertz CT molecular complexity index is 582. The lowest BCUT2D eigenvalue weighted by atomic mass is 10.1. The molecule has 20 heavy (non-hydrogen) atoms. The number of ether oxygens (including phenoxy) is 1. The molecule has 0 aliphatic heterocycles. The Morgan fingerprint density at radius 3 is 2.65 bits per heavy atom. The molecule has 0 heterocycles. The van der Waals surface area contributed by atoms with E-state index in [2.05, 4.69) is 5.32 Å². The highest BCUT2D eigenvalue weighted by atomic mass is 16.5. The van der Waals surface area contributed by atoms with Crippen molar-refractivity contribution in [3.8, 4) is 0 Å². The quantitative estimate of drug-likeness (QED) is 0.647. The van der Waals surface area contributed by atoms with Crippen molar-refractivity contribution in [2.24, 2.45) is 0 Å². The van der Waals surface area contributed by atoms with E-state index in [1.165, 1.54) is 0 Å². The van der Waals surface area contributed by atoms with Crippen LogP contribution in [0.3, 0.4) is 0 Å². The van der Waals surface area contributed by atoms with Gasteiger partial charge in [0, 0.05) is 17.9 Å². The number of hydrogen-bond acceptors (Lipinski definition) is 4. The molecule has 0 aromatic heterocycles. The van der Waals surface area contributed by atoms with Crippen LogP contribution >= 0.6 is 0 Å². The van der Waals surface area contributed by atoms with Gasteiger partial charge in [-0.05, 0) is 30.7 Å². The number of nitrogens with one attached hydrogen (secondary N) is 1. The van der Waals surface area contributed by atoms with E-state index in [0.29, 0.717) is 24.4 Å². The molecule has 0 saturated carbocycles. The van der Waals surface area contributed by atoms with Crippen molar-refractivity contribution in [3.63, 3.8) is 0 Å². The summed E-state index contributed by atoms with van der Waals surface area (Å²) >= 11 is 0. The Hall–Kier alpha value is -2.49. The summed E-state index contributed by atoms with van der Waals surface area (Å²) in [5.74, 6) is -0.365. The third-order valence-corrected chi connectivity index (χ3v) is 2.86. The van der Waals surface area contributed by atoms with Gasteiger partial charge in [-0.15, -0.1) is 0 Å². The van der Waals surface area contributed by atoms with Crippen LogP contribution in [0.1, 0.15) is 22.8 Å². The lowest BCUT2D eigenvalue weighted by Crippen LogP contribution is -2.10. The summed E-state index contributed by atoms with van der Waals surface area (Å²) in [6.45, 7) is 2.75. The molecule has 0 bridgehead atoms. The fourth-order valence-electron chi connectivity index (χ4n) is 1.89. The Morgan fingerprint density at radius 2 is 1.95 bits per heavy atom. The number of nitrogen functional groups attached to an aromatic ring is 1. The molecule has 4 heteroatoms. The van der Waals surface area contributed by atoms with Gasteiger partial charge in [0.25, 0.3) is 0 Å². The standard InChI is InChI=1S/C16H18N2O2/c1-2-20-16(19)14-10-13(17)8-9-15(14)18-11-12-6-4-3-5-7-12/h3-10,18H,2,11,17H2,1H3. The second-order valence-electron chi connectivity index (χ2n) is 4.36. The van der Waals surface area contributed by atoms with E-state index in [-0.39, 0.29) is 5.97 Å². The fourth-order valence-corrected chi connectivity index (χ4v) is 1.89. The lowest BCUT2D eigenvalue weighted by molar-refractivity contribution is 0.0527. The first-order valence-corrected chi connectivity index (χ1v) is 6.55. The maximum absolute atomic E-state index is 11.9. The predicted molar refractivity (Wildman–Crippen MR) is 80.6 cm³/mol. The molecular weight excluding hydrogens is 252 g/mol. The number of hydrogen-bond donors (Lipinski definition) is 2. The number of carbonyl (C=O) groups is 1. The predicted octanol–water partition coefficient (Wildman–Crippen LogP) is 3.06.